The SMILES string of the molecule is CCCCc1ccc(N2B3c4cc5c(cc4N(c4cc6c(cc4C)C(C)(C)CCC6(C)C)c4cc6c(c(c43)-c3cc4c(cc32)oc2ccccc24)C(C)(C)c2ccccc2-6)Oc2ccccc2C5(C)C)c(-c2ccccc2)c1. The molecule has 0 bridgehead atoms. The zero-order valence-electron chi connectivity index (χ0n) is 46.9. The van der Waals surface area contributed by atoms with E-state index in [2.05, 4.69) is 243 Å². The van der Waals surface area contributed by atoms with E-state index < -0.39 is 0 Å². The first-order valence-electron chi connectivity index (χ1n) is 28.7. The lowest BCUT2D eigenvalue weighted by molar-refractivity contribution is 0.332. The number of hydrogen-bond acceptors (Lipinski definition) is 4. The molecule has 4 heterocycles. The highest BCUT2D eigenvalue weighted by atomic mass is 16.5. The van der Waals surface area contributed by atoms with Crippen molar-refractivity contribution in [1.82, 2.24) is 0 Å². The molecule has 2 aliphatic carbocycles. The highest BCUT2D eigenvalue weighted by Gasteiger charge is 2.52. The van der Waals surface area contributed by atoms with Crippen molar-refractivity contribution in [2.45, 2.75) is 123 Å². The number of fused-ring (bicyclic) bond motifs is 14. The van der Waals surface area contributed by atoms with E-state index in [1.54, 1.807) is 0 Å². The first-order chi connectivity index (χ1) is 37.5. The summed E-state index contributed by atoms with van der Waals surface area (Å²) in [5.74, 6) is 1.83. The quantitative estimate of drug-likeness (QED) is 0.155. The van der Waals surface area contributed by atoms with Crippen molar-refractivity contribution in [2.75, 3.05) is 9.71 Å². The highest BCUT2D eigenvalue weighted by Crippen LogP contribution is 2.60. The van der Waals surface area contributed by atoms with Gasteiger partial charge in [-0.3, -0.25) is 0 Å². The predicted octanol–water partition coefficient (Wildman–Crippen LogP) is 18.7. The Balaban J connectivity index is 1.14. The number of ether oxygens (including phenoxy) is 1. The van der Waals surface area contributed by atoms with Crippen molar-refractivity contribution in [3.8, 4) is 44.9 Å². The highest BCUT2D eigenvalue weighted by molar-refractivity contribution is 6.94. The van der Waals surface area contributed by atoms with Crippen LogP contribution in [-0.4, -0.2) is 6.85 Å². The monoisotopic (exact) mass is 1010 g/mol. The molecular formula is C73H67BN2O2. The summed E-state index contributed by atoms with van der Waals surface area (Å²) in [6.07, 6.45) is 5.60. The fraction of sp³-hybridized carbons (Fsp3) is 0.260. The number of aryl methyl sites for hydroxylation is 2. The summed E-state index contributed by atoms with van der Waals surface area (Å²) in [5.41, 5.74) is 28.0. The van der Waals surface area contributed by atoms with Gasteiger partial charge in [0.25, 0.3) is 0 Å². The Bertz CT molecular complexity index is 4210. The Kier molecular flexibility index (Phi) is 9.98. The third kappa shape index (κ3) is 6.54. The lowest BCUT2D eigenvalue weighted by atomic mass is 9.42. The second kappa shape index (κ2) is 16.4. The van der Waals surface area contributed by atoms with Gasteiger partial charge in [-0.2, -0.15) is 0 Å². The normalized spacial score (nSPS) is 17.1. The first-order valence-corrected chi connectivity index (χ1v) is 28.7. The summed E-state index contributed by atoms with van der Waals surface area (Å²) in [6, 6.07) is 62.6. The maximum atomic E-state index is 7.20. The summed E-state index contributed by atoms with van der Waals surface area (Å²) in [7, 11) is 0. The van der Waals surface area contributed by atoms with Crippen molar-refractivity contribution in [2.24, 2.45) is 0 Å². The number of para-hydroxylation sites is 2. The van der Waals surface area contributed by atoms with Gasteiger partial charge in [-0.1, -0.05) is 178 Å². The number of hydrogen-bond donors (Lipinski definition) is 0. The fourth-order valence-electron chi connectivity index (χ4n) is 15.1. The smallest absolute Gasteiger partial charge is 0.333 e. The molecule has 0 saturated carbocycles. The van der Waals surface area contributed by atoms with Gasteiger partial charge >= 0.3 is 6.85 Å². The molecule has 78 heavy (non-hydrogen) atoms. The van der Waals surface area contributed by atoms with E-state index in [1.165, 1.54) is 106 Å². The minimum Gasteiger partial charge on any atom is -0.457 e. The van der Waals surface area contributed by atoms with Crippen LogP contribution in [0.2, 0.25) is 0 Å². The molecular weight excluding hydrogens is 948 g/mol. The van der Waals surface area contributed by atoms with Crippen LogP contribution in [0.1, 0.15) is 133 Å². The van der Waals surface area contributed by atoms with Crippen LogP contribution >= 0.6 is 0 Å². The van der Waals surface area contributed by atoms with Gasteiger partial charge < -0.3 is 18.9 Å². The minimum absolute atomic E-state index is 0.00685. The Morgan fingerprint density at radius 2 is 1.22 bits per heavy atom. The molecule has 9 aromatic carbocycles. The van der Waals surface area contributed by atoms with Gasteiger partial charge in [-0.15, -0.1) is 0 Å². The van der Waals surface area contributed by atoms with Crippen molar-refractivity contribution in [3.63, 3.8) is 0 Å². The van der Waals surface area contributed by atoms with E-state index in [1.807, 2.05) is 0 Å². The predicted molar refractivity (Wildman–Crippen MR) is 328 cm³/mol. The third-order valence-corrected chi connectivity index (χ3v) is 19.4. The molecule has 0 saturated heterocycles. The number of nitrogens with zero attached hydrogens (tertiary/aromatic N) is 2. The van der Waals surface area contributed by atoms with Crippen molar-refractivity contribution >= 4 is 68.1 Å². The molecule has 0 N–H and O–H groups in total. The van der Waals surface area contributed by atoms with Crippen molar-refractivity contribution < 1.29 is 9.15 Å². The zero-order chi connectivity index (χ0) is 53.4. The number of unbranched alkanes of at least 4 members (excludes halogenated alkanes) is 1. The molecule has 4 nitrogen and oxygen atoms in total. The van der Waals surface area contributed by atoms with Crippen LogP contribution < -0.4 is 25.4 Å². The van der Waals surface area contributed by atoms with Crippen molar-refractivity contribution in [1.29, 1.82) is 0 Å². The van der Waals surface area contributed by atoms with Gasteiger partial charge in [-0.25, -0.2) is 0 Å². The van der Waals surface area contributed by atoms with Gasteiger partial charge in [0.05, 0.1) is 0 Å². The number of rotatable bonds is 6. The van der Waals surface area contributed by atoms with Gasteiger partial charge in [0.1, 0.15) is 22.7 Å². The number of benzene rings is 9. The molecule has 0 atom stereocenters. The van der Waals surface area contributed by atoms with E-state index in [9.17, 15) is 0 Å². The van der Waals surface area contributed by atoms with Crippen LogP contribution in [-0.2, 0) is 28.1 Å². The average molecular weight is 1020 g/mol. The molecule has 15 rings (SSSR count). The maximum absolute atomic E-state index is 7.20. The Hall–Kier alpha value is -7.76. The van der Waals surface area contributed by atoms with Gasteiger partial charge in [0.15, 0.2) is 0 Å². The fourth-order valence-corrected chi connectivity index (χ4v) is 15.1. The van der Waals surface area contributed by atoms with Crippen molar-refractivity contribution in [3.05, 3.63) is 208 Å². The van der Waals surface area contributed by atoms with E-state index in [0.717, 1.165) is 76.9 Å². The Morgan fingerprint density at radius 3 is 2.01 bits per heavy atom. The molecule has 10 aromatic rings. The summed E-state index contributed by atoms with van der Waals surface area (Å²) in [4.78, 5) is 5.42. The zero-order valence-corrected chi connectivity index (χ0v) is 46.9. The number of furan rings is 1. The molecule has 5 heteroatoms. The molecule has 0 radical (unpaired) electrons. The molecule has 1 aromatic heterocycles. The molecule has 0 fully saturated rings. The topological polar surface area (TPSA) is 28.9 Å². The Morgan fingerprint density at radius 1 is 0.500 bits per heavy atom. The lowest BCUT2D eigenvalue weighted by Crippen LogP contribution is -2.62. The maximum Gasteiger partial charge on any atom is 0.333 e. The largest absolute Gasteiger partial charge is 0.457 e. The molecule has 5 aliphatic rings. The van der Waals surface area contributed by atoms with E-state index in [4.69, 9.17) is 9.15 Å². The second-order valence-electron chi connectivity index (χ2n) is 25.8. The van der Waals surface area contributed by atoms with Crippen LogP contribution in [0.3, 0.4) is 0 Å². The van der Waals surface area contributed by atoms with Gasteiger partial charge in [0, 0.05) is 84.4 Å². The summed E-state index contributed by atoms with van der Waals surface area (Å²) >= 11 is 0. The molecule has 0 amide bonds. The minimum atomic E-state index is -0.361. The second-order valence-corrected chi connectivity index (χ2v) is 25.8. The van der Waals surface area contributed by atoms with E-state index in [0.29, 0.717) is 0 Å². The average Bonchev–Trinajstić information content (AvgIpc) is 2.56. The molecule has 0 unspecified atom stereocenters. The molecule has 0 spiro atoms. The molecule has 3 aliphatic heterocycles. The first kappa shape index (κ1) is 47.5. The standard InChI is InChI=1S/C73H67BN2O2/c1-11-12-22-44-31-32-58(48(36-44)45-23-14-13-15-24-45)76-60-41-65-49(47-26-17-20-29-63(47)77-65)37-51(60)67-68-50(46-25-16-18-27-52(46)73(68,9)10)38-62-69(67)74(76)57-39-56-66(78-64-30-21-19-28-53(64)72(56,7)8)42-61(57)75(62)59-40-55-54(35-43(59)2)70(3,4)33-34-71(55,5)6/h13-21,23-32,35-42H,11-12,22,33-34H2,1-10H3. The van der Waals surface area contributed by atoms with E-state index >= 15 is 0 Å². The third-order valence-electron chi connectivity index (χ3n) is 19.4. The van der Waals surface area contributed by atoms with Crippen LogP contribution in [0.4, 0.5) is 28.4 Å². The van der Waals surface area contributed by atoms with E-state index in [-0.39, 0.29) is 28.5 Å². The summed E-state index contributed by atoms with van der Waals surface area (Å²) in [6.45, 7) is 23.9. The Labute approximate surface area is 460 Å². The lowest BCUT2D eigenvalue weighted by Gasteiger charge is -2.49. The van der Waals surface area contributed by atoms with Crippen LogP contribution in [0.5, 0.6) is 11.5 Å². The summed E-state index contributed by atoms with van der Waals surface area (Å²) < 4.78 is 14.2. The van der Waals surface area contributed by atoms with Crippen LogP contribution in [0, 0.1) is 6.92 Å². The van der Waals surface area contributed by atoms with Crippen LogP contribution in [0.25, 0.3) is 55.3 Å². The summed E-state index contributed by atoms with van der Waals surface area (Å²) in [5, 5.41) is 2.27. The van der Waals surface area contributed by atoms with Gasteiger partial charge in [0.2, 0.25) is 0 Å². The van der Waals surface area contributed by atoms with Gasteiger partial charge in [-0.05, 0) is 152 Å². The number of anilines is 5. The molecule has 384 valence electrons. The van der Waals surface area contributed by atoms with Crippen LogP contribution in [0.15, 0.2) is 168 Å².